The van der Waals surface area contributed by atoms with Crippen molar-refractivity contribution >= 4 is 28.7 Å². The Labute approximate surface area is 160 Å². The summed E-state index contributed by atoms with van der Waals surface area (Å²) >= 11 is 1.43. The summed E-state index contributed by atoms with van der Waals surface area (Å²) in [6.45, 7) is 0. The second-order valence-electron chi connectivity index (χ2n) is 6.13. The van der Waals surface area contributed by atoms with E-state index in [1.54, 1.807) is 48.9 Å². The summed E-state index contributed by atoms with van der Waals surface area (Å²) in [5, 5.41) is 4.96. The van der Waals surface area contributed by atoms with E-state index >= 15 is 0 Å². The molecule has 0 fully saturated rings. The third kappa shape index (κ3) is 3.37. The molecule has 1 aliphatic rings. The number of rotatable bonds is 5. The molecule has 136 valence electrons. The summed E-state index contributed by atoms with van der Waals surface area (Å²) < 4.78 is 5.13. The lowest BCUT2D eigenvalue weighted by molar-refractivity contribution is 0.0150. The Kier molecular flexibility index (Phi) is 4.75. The molecule has 27 heavy (non-hydrogen) atoms. The number of amides is 1. The van der Waals surface area contributed by atoms with Gasteiger partial charge in [-0.3, -0.25) is 14.4 Å². The van der Waals surface area contributed by atoms with Crippen LogP contribution in [0.1, 0.15) is 38.8 Å². The van der Waals surface area contributed by atoms with Crippen molar-refractivity contribution < 1.29 is 19.2 Å². The number of fused-ring (bicyclic) bond motifs is 1. The maximum Gasteiger partial charge on any atom is 0.283 e. The molecule has 1 aromatic heterocycles. The van der Waals surface area contributed by atoms with E-state index in [-0.39, 0.29) is 18.1 Å². The first-order valence-corrected chi connectivity index (χ1v) is 9.41. The highest BCUT2D eigenvalue weighted by Gasteiger charge is 2.35. The number of thiophene rings is 1. The normalized spacial score (nSPS) is 16.1. The molecule has 1 unspecified atom stereocenters. The molecule has 0 aliphatic carbocycles. The van der Waals surface area contributed by atoms with Crippen LogP contribution in [0.4, 0.5) is 5.69 Å². The molecule has 1 amide bonds. The lowest BCUT2D eigenvalue weighted by Gasteiger charge is -2.31. The largest absolute Gasteiger partial charge is 0.497 e. The van der Waals surface area contributed by atoms with Gasteiger partial charge in [0.2, 0.25) is 0 Å². The van der Waals surface area contributed by atoms with Gasteiger partial charge in [-0.25, -0.2) is 0 Å². The van der Waals surface area contributed by atoms with Crippen LogP contribution < -0.4 is 9.80 Å². The highest BCUT2D eigenvalue weighted by atomic mass is 32.1. The predicted molar refractivity (Wildman–Crippen MR) is 103 cm³/mol. The molecule has 0 radical (unpaired) electrons. The second kappa shape index (κ2) is 7.34. The van der Waals surface area contributed by atoms with E-state index in [1.807, 2.05) is 23.6 Å². The molecule has 0 N–H and O–H groups in total. The molecule has 3 aromatic rings. The molecule has 2 heterocycles. The SMILES string of the molecule is COc1ccc(C(=O)CC2ON(c3ccccc3)C(=O)c3cscc32)cc1. The zero-order chi connectivity index (χ0) is 18.8. The zero-order valence-electron chi connectivity index (χ0n) is 14.6. The molecule has 0 spiro atoms. The Morgan fingerprint density at radius 2 is 1.85 bits per heavy atom. The molecule has 0 saturated carbocycles. The smallest absolute Gasteiger partial charge is 0.283 e. The van der Waals surface area contributed by atoms with Crippen molar-refractivity contribution in [3.05, 3.63) is 82.0 Å². The number of para-hydroxylation sites is 1. The molecule has 6 heteroatoms. The van der Waals surface area contributed by atoms with E-state index in [0.717, 1.165) is 5.56 Å². The van der Waals surface area contributed by atoms with Crippen molar-refractivity contribution in [2.45, 2.75) is 12.5 Å². The highest BCUT2D eigenvalue weighted by Crippen LogP contribution is 2.37. The van der Waals surface area contributed by atoms with Gasteiger partial charge in [-0.05, 0) is 41.8 Å². The second-order valence-corrected chi connectivity index (χ2v) is 6.87. The zero-order valence-corrected chi connectivity index (χ0v) is 15.4. The monoisotopic (exact) mass is 379 g/mol. The van der Waals surface area contributed by atoms with E-state index in [4.69, 9.17) is 9.57 Å². The number of carbonyl (C=O) groups is 2. The minimum Gasteiger partial charge on any atom is -0.497 e. The molecule has 2 aromatic carbocycles. The third-order valence-electron chi connectivity index (χ3n) is 4.46. The van der Waals surface area contributed by atoms with Gasteiger partial charge in [-0.2, -0.15) is 16.4 Å². The summed E-state index contributed by atoms with van der Waals surface area (Å²) in [6, 6.07) is 16.1. The number of methoxy groups -OCH3 is 1. The van der Waals surface area contributed by atoms with Crippen molar-refractivity contribution in [2.75, 3.05) is 12.2 Å². The van der Waals surface area contributed by atoms with Gasteiger partial charge in [-0.15, -0.1) is 0 Å². The van der Waals surface area contributed by atoms with Gasteiger partial charge < -0.3 is 4.74 Å². The lowest BCUT2D eigenvalue weighted by Crippen LogP contribution is -2.38. The van der Waals surface area contributed by atoms with Crippen LogP contribution in [-0.4, -0.2) is 18.8 Å². The minimum absolute atomic E-state index is 0.0536. The number of anilines is 1. The van der Waals surface area contributed by atoms with Crippen LogP contribution in [0.3, 0.4) is 0 Å². The van der Waals surface area contributed by atoms with Gasteiger partial charge in [0.1, 0.15) is 11.9 Å². The molecule has 5 nitrogen and oxygen atoms in total. The van der Waals surface area contributed by atoms with E-state index in [1.165, 1.54) is 16.4 Å². The van der Waals surface area contributed by atoms with Gasteiger partial charge >= 0.3 is 0 Å². The van der Waals surface area contributed by atoms with Crippen LogP contribution in [0, 0.1) is 0 Å². The Hall–Kier alpha value is -2.96. The maximum absolute atomic E-state index is 12.8. The van der Waals surface area contributed by atoms with E-state index in [9.17, 15) is 9.59 Å². The summed E-state index contributed by atoms with van der Waals surface area (Å²) in [6.07, 6.45) is -0.370. The standard InChI is InChI=1S/C21H17NO4S/c1-25-16-9-7-14(8-10-16)19(23)11-20-17-12-27-13-18(17)21(24)22(26-20)15-5-3-2-4-6-15/h2-10,12-13,20H,11H2,1H3. The van der Waals surface area contributed by atoms with E-state index < -0.39 is 6.10 Å². The fourth-order valence-electron chi connectivity index (χ4n) is 3.02. The molecule has 0 bridgehead atoms. The van der Waals surface area contributed by atoms with Gasteiger partial charge in [0.05, 0.1) is 18.4 Å². The third-order valence-corrected chi connectivity index (χ3v) is 5.22. The van der Waals surface area contributed by atoms with Crippen molar-refractivity contribution in [3.8, 4) is 5.75 Å². The van der Waals surface area contributed by atoms with Crippen LogP contribution in [-0.2, 0) is 4.84 Å². The van der Waals surface area contributed by atoms with Crippen LogP contribution in [0.25, 0.3) is 0 Å². The fraction of sp³-hybridized carbons (Fsp3) is 0.143. The van der Waals surface area contributed by atoms with Crippen LogP contribution in [0.15, 0.2) is 65.4 Å². The Balaban J connectivity index is 1.60. The topological polar surface area (TPSA) is 55.8 Å². The maximum atomic E-state index is 12.8. The van der Waals surface area contributed by atoms with Crippen LogP contribution in [0.5, 0.6) is 5.75 Å². The van der Waals surface area contributed by atoms with Gasteiger partial charge in [0, 0.05) is 22.9 Å². The summed E-state index contributed by atoms with van der Waals surface area (Å²) in [7, 11) is 1.58. The number of carbonyl (C=O) groups excluding carboxylic acids is 2. The lowest BCUT2D eigenvalue weighted by atomic mass is 9.98. The van der Waals surface area contributed by atoms with Crippen molar-refractivity contribution in [3.63, 3.8) is 0 Å². The molecule has 1 atom stereocenters. The first-order chi connectivity index (χ1) is 13.2. The Morgan fingerprint density at radius 3 is 2.56 bits per heavy atom. The molecular weight excluding hydrogens is 362 g/mol. The Morgan fingerprint density at radius 1 is 1.11 bits per heavy atom. The average Bonchev–Trinajstić information content (AvgIpc) is 3.21. The Bertz CT molecular complexity index is 965. The quantitative estimate of drug-likeness (QED) is 0.605. The first-order valence-electron chi connectivity index (χ1n) is 8.47. The number of benzene rings is 2. The van der Waals surface area contributed by atoms with Gasteiger partial charge in [0.25, 0.3) is 5.91 Å². The van der Waals surface area contributed by atoms with Gasteiger partial charge in [-0.1, -0.05) is 18.2 Å². The number of hydroxylamine groups is 1. The number of hydrogen-bond donors (Lipinski definition) is 0. The van der Waals surface area contributed by atoms with Crippen LogP contribution >= 0.6 is 11.3 Å². The fourth-order valence-corrected chi connectivity index (χ4v) is 3.89. The number of hydrogen-bond acceptors (Lipinski definition) is 5. The number of ketones is 1. The number of nitrogens with zero attached hydrogens (tertiary/aromatic N) is 1. The van der Waals surface area contributed by atoms with Gasteiger partial charge in [0.15, 0.2) is 5.78 Å². The van der Waals surface area contributed by atoms with E-state index in [0.29, 0.717) is 22.6 Å². The molecular formula is C21H17NO4S. The summed E-state index contributed by atoms with van der Waals surface area (Å²) in [5.74, 6) is 0.425. The van der Waals surface area contributed by atoms with E-state index in [2.05, 4.69) is 0 Å². The molecule has 1 aliphatic heterocycles. The first kappa shape index (κ1) is 17.5. The predicted octanol–water partition coefficient (Wildman–Crippen LogP) is 4.66. The highest BCUT2D eigenvalue weighted by molar-refractivity contribution is 7.08. The number of ether oxygens (including phenoxy) is 1. The summed E-state index contributed by atoms with van der Waals surface area (Å²) in [5.41, 5.74) is 2.57. The van der Waals surface area contributed by atoms with Crippen LogP contribution in [0.2, 0.25) is 0 Å². The van der Waals surface area contributed by atoms with Crippen molar-refractivity contribution in [1.29, 1.82) is 0 Å². The minimum atomic E-state index is -0.515. The molecule has 4 rings (SSSR count). The molecule has 0 saturated heterocycles. The van der Waals surface area contributed by atoms with Crippen molar-refractivity contribution in [1.82, 2.24) is 0 Å². The summed E-state index contributed by atoms with van der Waals surface area (Å²) in [4.78, 5) is 31.5. The number of Topliss-reactive ketones (excluding diaryl/α,β-unsaturated/α-hetero) is 1. The average molecular weight is 379 g/mol. The van der Waals surface area contributed by atoms with Crippen molar-refractivity contribution in [2.24, 2.45) is 0 Å².